The minimum atomic E-state index is 0.00398. The van der Waals surface area contributed by atoms with Crippen LogP contribution in [0.2, 0.25) is 0 Å². The molecule has 6 heteroatoms. The summed E-state index contributed by atoms with van der Waals surface area (Å²) in [5.41, 5.74) is 5.94. The van der Waals surface area contributed by atoms with Crippen LogP contribution in [0.4, 0.5) is 5.82 Å². The monoisotopic (exact) mass is 181 g/mol. The SMILES string of the molecule is CN(C)c1ncncc1/C(N)=N\O. The summed E-state index contributed by atoms with van der Waals surface area (Å²) in [6.07, 6.45) is 2.90. The first kappa shape index (κ1) is 9.24. The first-order valence-corrected chi connectivity index (χ1v) is 3.62. The van der Waals surface area contributed by atoms with Crippen LogP contribution in [0.3, 0.4) is 0 Å². The fraction of sp³-hybridized carbons (Fsp3) is 0.286. The van der Waals surface area contributed by atoms with E-state index in [1.54, 1.807) is 4.90 Å². The van der Waals surface area contributed by atoms with Crippen molar-refractivity contribution in [2.75, 3.05) is 19.0 Å². The number of hydrogen-bond donors (Lipinski definition) is 2. The van der Waals surface area contributed by atoms with Gasteiger partial charge in [0, 0.05) is 20.3 Å². The molecule has 0 radical (unpaired) electrons. The van der Waals surface area contributed by atoms with Crippen molar-refractivity contribution in [3.63, 3.8) is 0 Å². The summed E-state index contributed by atoms with van der Waals surface area (Å²) >= 11 is 0. The smallest absolute Gasteiger partial charge is 0.175 e. The number of nitrogens with zero attached hydrogens (tertiary/aromatic N) is 4. The minimum Gasteiger partial charge on any atom is -0.409 e. The number of nitrogens with two attached hydrogens (primary N) is 1. The molecule has 70 valence electrons. The molecule has 6 nitrogen and oxygen atoms in total. The van der Waals surface area contributed by atoms with Crippen LogP contribution in [0.25, 0.3) is 0 Å². The van der Waals surface area contributed by atoms with Gasteiger partial charge >= 0.3 is 0 Å². The zero-order valence-corrected chi connectivity index (χ0v) is 7.47. The first-order chi connectivity index (χ1) is 6.16. The van der Waals surface area contributed by atoms with E-state index in [9.17, 15) is 0 Å². The van der Waals surface area contributed by atoms with Crippen molar-refractivity contribution >= 4 is 11.7 Å². The summed E-state index contributed by atoms with van der Waals surface area (Å²) in [6.45, 7) is 0. The van der Waals surface area contributed by atoms with Gasteiger partial charge in [-0.25, -0.2) is 9.97 Å². The highest BCUT2D eigenvalue weighted by molar-refractivity contribution is 6.00. The zero-order valence-electron chi connectivity index (χ0n) is 7.47. The van der Waals surface area contributed by atoms with Crippen molar-refractivity contribution in [3.05, 3.63) is 18.1 Å². The fourth-order valence-corrected chi connectivity index (χ4v) is 0.914. The van der Waals surface area contributed by atoms with Crippen LogP contribution < -0.4 is 10.6 Å². The lowest BCUT2D eigenvalue weighted by molar-refractivity contribution is 0.318. The van der Waals surface area contributed by atoms with Crippen LogP contribution in [0.1, 0.15) is 5.56 Å². The van der Waals surface area contributed by atoms with E-state index in [1.165, 1.54) is 12.5 Å². The van der Waals surface area contributed by atoms with E-state index in [-0.39, 0.29) is 5.84 Å². The summed E-state index contributed by atoms with van der Waals surface area (Å²) < 4.78 is 0. The van der Waals surface area contributed by atoms with Gasteiger partial charge in [-0.1, -0.05) is 5.16 Å². The second-order valence-corrected chi connectivity index (χ2v) is 2.64. The maximum atomic E-state index is 8.48. The van der Waals surface area contributed by atoms with Gasteiger partial charge in [0.1, 0.15) is 12.1 Å². The Morgan fingerprint density at radius 2 is 2.31 bits per heavy atom. The molecule has 1 aromatic rings. The molecule has 0 amide bonds. The third-order valence-electron chi connectivity index (χ3n) is 1.50. The minimum absolute atomic E-state index is 0.00398. The van der Waals surface area contributed by atoms with Gasteiger partial charge in [-0.15, -0.1) is 0 Å². The average Bonchev–Trinajstić information content (AvgIpc) is 2.16. The van der Waals surface area contributed by atoms with Gasteiger partial charge in [0.25, 0.3) is 0 Å². The summed E-state index contributed by atoms with van der Waals surface area (Å²) in [5.74, 6) is 0.620. The maximum absolute atomic E-state index is 8.48. The van der Waals surface area contributed by atoms with Crippen LogP contribution in [-0.2, 0) is 0 Å². The van der Waals surface area contributed by atoms with Gasteiger partial charge in [-0.2, -0.15) is 0 Å². The highest BCUT2D eigenvalue weighted by Gasteiger charge is 2.09. The molecule has 0 bridgehead atoms. The van der Waals surface area contributed by atoms with Crippen molar-refractivity contribution < 1.29 is 5.21 Å². The van der Waals surface area contributed by atoms with E-state index in [2.05, 4.69) is 15.1 Å². The largest absolute Gasteiger partial charge is 0.409 e. The predicted octanol–water partition coefficient (Wildman–Crippen LogP) is -0.363. The number of aromatic nitrogens is 2. The molecule has 0 atom stereocenters. The first-order valence-electron chi connectivity index (χ1n) is 3.62. The number of anilines is 1. The summed E-state index contributed by atoms with van der Waals surface area (Å²) in [4.78, 5) is 9.54. The Hall–Kier alpha value is -1.85. The number of oxime groups is 1. The molecule has 1 aromatic heterocycles. The zero-order chi connectivity index (χ0) is 9.84. The van der Waals surface area contributed by atoms with E-state index in [0.717, 1.165) is 0 Å². The molecule has 0 aliphatic heterocycles. The molecule has 0 aliphatic rings. The normalized spacial score (nSPS) is 11.4. The number of rotatable bonds is 2. The Morgan fingerprint density at radius 1 is 1.62 bits per heavy atom. The quantitative estimate of drug-likeness (QED) is 0.281. The Kier molecular flexibility index (Phi) is 2.63. The van der Waals surface area contributed by atoms with Crippen LogP contribution in [0.15, 0.2) is 17.7 Å². The molecular weight excluding hydrogens is 170 g/mol. The van der Waals surface area contributed by atoms with Gasteiger partial charge in [0.15, 0.2) is 5.84 Å². The van der Waals surface area contributed by atoms with E-state index < -0.39 is 0 Å². The highest BCUT2D eigenvalue weighted by atomic mass is 16.4. The maximum Gasteiger partial charge on any atom is 0.175 e. The van der Waals surface area contributed by atoms with Crippen LogP contribution >= 0.6 is 0 Å². The van der Waals surface area contributed by atoms with Crippen molar-refractivity contribution in [3.8, 4) is 0 Å². The average molecular weight is 181 g/mol. The summed E-state index contributed by atoms with van der Waals surface area (Å²) in [6, 6.07) is 0. The summed E-state index contributed by atoms with van der Waals surface area (Å²) in [5, 5.41) is 11.4. The second-order valence-electron chi connectivity index (χ2n) is 2.64. The van der Waals surface area contributed by atoms with E-state index in [4.69, 9.17) is 10.9 Å². The molecule has 1 rings (SSSR count). The molecule has 1 heterocycles. The van der Waals surface area contributed by atoms with Gasteiger partial charge in [-0.05, 0) is 0 Å². The van der Waals surface area contributed by atoms with Gasteiger partial charge < -0.3 is 15.8 Å². The van der Waals surface area contributed by atoms with Crippen molar-refractivity contribution in [2.45, 2.75) is 0 Å². The topological polar surface area (TPSA) is 87.6 Å². The third kappa shape index (κ3) is 1.84. The van der Waals surface area contributed by atoms with Gasteiger partial charge in [0.05, 0.1) is 5.56 Å². The van der Waals surface area contributed by atoms with E-state index >= 15 is 0 Å². The van der Waals surface area contributed by atoms with E-state index in [0.29, 0.717) is 11.4 Å². The lowest BCUT2D eigenvalue weighted by Gasteiger charge is -2.13. The van der Waals surface area contributed by atoms with Crippen molar-refractivity contribution in [2.24, 2.45) is 10.9 Å². The Morgan fingerprint density at radius 3 is 2.85 bits per heavy atom. The van der Waals surface area contributed by atoms with Gasteiger partial charge in [-0.3, -0.25) is 0 Å². The van der Waals surface area contributed by atoms with Crippen LogP contribution in [0.5, 0.6) is 0 Å². The third-order valence-corrected chi connectivity index (χ3v) is 1.50. The molecule has 0 unspecified atom stereocenters. The molecule has 0 saturated carbocycles. The van der Waals surface area contributed by atoms with Gasteiger partial charge in [0.2, 0.25) is 0 Å². The number of hydrogen-bond acceptors (Lipinski definition) is 5. The Labute approximate surface area is 75.7 Å². The molecule has 0 fully saturated rings. The Balaban J connectivity index is 3.20. The Bertz CT molecular complexity index is 322. The lowest BCUT2D eigenvalue weighted by Crippen LogP contribution is -2.21. The second kappa shape index (κ2) is 3.70. The molecule has 0 aromatic carbocycles. The van der Waals surface area contributed by atoms with Crippen molar-refractivity contribution in [1.82, 2.24) is 9.97 Å². The molecule has 13 heavy (non-hydrogen) atoms. The van der Waals surface area contributed by atoms with Crippen molar-refractivity contribution in [1.29, 1.82) is 0 Å². The fourth-order valence-electron chi connectivity index (χ4n) is 0.914. The molecule has 3 N–H and O–H groups in total. The lowest BCUT2D eigenvalue weighted by atomic mass is 10.3. The predicted molar refractivity (Wildman–Crippen MR) is 48.9 cm³/mol. The summed E-state index contributed by atoms with van der Waals surface area (Å²) in [7, 11) is 3.63. The standard InChI is InChI=1S/C7H11N5O/c1-12(2)7-5(6(8)11-13)3-9-4-10-7/h3-4,13H,1-2H3,(H2,8,11). The van der Waals surface area contributed by atoms with Crippen LogP contribution in [-0.4, -0.2) is 35.1 Å². The molecule has 0 aliphatic carbocycles. The number of amidine groups is 1. The highest BCUT2D eigenvalue weighted by Crippen LogP contribution is 2.11. The van der Waals surface area contributed by atoms with E-state index in [1.807, 2.05) is 14.1 Å². The molecule has 0 saturated heterocycles. The molecular formula is C7H11N5O. The molecule has 0 spiro atoms. The van der Waals surface area contributed by atoms with Crippen LogP contribution in [0, 0.1) is 0 Å².